The fraction of sp³-hybridized carbons (Fsp3) is 0.600. The summed E-state index contributed by atoms with van der Waals surface area (Å²) in [6.07, 6.45) is 1.75. The third-order valence-electron chi connectivity index (χ3n) is 9.65. The summed E-state index contributed by atoms with van der Waals surface area (Å²) in [5.74, 6) is -1.07. The van der Waals surface area contributed by atoms with Crippen molar-refractivity contribution in [3.8, 4) is 5.75 Å². The van der Waals surface area contributed by atoms with Crippen LogP contribution in [0, 0.1) is 23.2 Å². The number of hydrogen-bond acceptors (Lipinski definition) is 6. The van der Waals surface area contributed by atoms with Crippen LogP contribution < -0.4 is 20.7 Å². The van der Waals surface area contributed by atoms with Gasteiger partial charge in [-0.05, 0) is 67.6 Å². The lowest BCUT2D eigenvalue weighted by Crippen LogP contribution is -2.57. The van der Waals surface area contributed by atoms with Gasteiger partial charge in [-0.2, -0.15) is 0 Å². The van der Waals surface area contributed by atoms with Gasteiger partial charge >= 0.3 is 0 Å². The predicted molar refractivity (Wildman–Crippen MR) is 150 cm³/mol. The van der Waals surface area contributed by atoms with Gasteiger partial charge in [0.2, 0.25) is 11.8 Å². The molecule has 5 N–H and O–H groups in total. The lowest BCUT2D eigenvalue weighted by molar-refractivity contribution is -0.136. The van der Waals surface area contributed by atoms with E-state index in [4.69, 9.17) is 4.74 Å². The molecule has 1 aromatic heterocycles. The average molecular weight is 566 g/mol. The number of fused-ring (bicyclic) bond motifs is 2. The minimum Gasteiger partial charge on any atom is -0.496 e. The minimum absolute atomic E-state index is 0.0392. The Bertz CT molecular complexity index is 1380. The molecule has 11 heteroatoms. The van der Waals surface area contributed by atoms with Gasteiger partial charge in [-0.3, -0.25) is 19.2 Å². The summed E-state index contributed by atoms with van der Waals surface area (Å²) in [5, 5.41) is 20.4. The molecule has 4 aliphatic rings. The number of aromatic nitrogens is 1. The second-order valence-electron chi connectivity index (χ2n) is 12.7. The van der Waals surface area contributed by atoms with Crippen LogP contribution in [-0.2, 0) is 14.4 Å². The van der Waals surface area contributed by atoms with E-state index in [1.54, 1.807) is 18.1 Å². The van der Waals surface area contributed by atoms with E-state index in [1.165, 1.54) is 0 Å². The molecule has 0 bridgehead atoms. The lowest BCUT2D eigenvalue weighted by atomic mass is 9.89. The molecule has 4 amide bonds. The van der Waals surface area contributed by atoms with Gasteiger partial charge in [-0.1, -0.05) is 19.9 Å². The average Bonchev–Trinajstić information content (AvgIpc) is 3.70. The number of amides is 4. The highest BCUT2D eigenvalue weighted by molar-refractivity contribution is 6.02. The van der Waals surface area contributed by atoms with Crippen LogP contribution in [0.15, 0.2) is 24.3 Å². The van der Waals surface area contributed by atoms with Crippen LogP contribution in [0.3, 0.4) is 0 Å². The van der Waals surface area contributed by atoms with Crippen LogP contribution in [0.5, 0.6) is 5.75 Å². The standard InChI is InChI=1S/C30H39N5O6/c1-30(2)18-14-35(29(40)21-13-17-19(33-21)7-4-8-22(17)41-3)24(23(18)30)27(38)34-20(12-15-6-5-11-31-26(15)37)25(36)28(39)32-16-9-10-16/h4,7-8,13,15-16,18,20,23-25,33,36H,5-6,9-12,14H2,1-3H3,(H,31,37)(H,32,39)(H,34,38)/t15-,18-,20-,23-,24-,25?/m0/s1. The van der Waals surface area contributed by atoms with E-state index in [0.717, 1.165) is 30.2 Å². The Labute approximate surface area is 238 Å². The van der Waals surface area contributed by atoms with Crippen LogP contribution in [0.4, 0.5) is 0 Å². The Morgan fingerprint density at radius 2 is 2.00 bits per heavy atom. The largest absolute Gasteiger partial charge is 0.496 e. The first-order chi connectivity index (χ1) is 19.6. The normalized spacial score (nSPS) is 27.9. The number of likely N-dealkylation sites (tertiary alicyclic amines) is 1. The molecule has 2 saturated heterocycles. The van der Waals surface area contributed by atoms with E-state index < -0.39 is 35.9 Å². The number of methoxy groups -OCH3 is 1. The number of ether oxygens (including phenoxy) is 1. The Hall–Kier alpha value is -3.60. The number of H-pyrrole nitrogens is 1. The molecule has 2 aromatic rings. The fourth-order valence-electron chi connectivity index (χ4n) is 6.97. The summed E-state index contributed by atoms with van der Waals surface area (Å²) in [6, 6.07) is 5.58. The number of carbonyl (C=O) groups excluding carboxylic acids is 4. The number of nitrogens with zero attached hydrogens (tertiary/aromatic N) is 1. The van der Waals surface area contributed by atoms with Crippen LogP contribution >= 0.6 is 0 Å². The molecule has 1 unspecified atom stereocenters. The third kappa shape index (κ3) is 5.05. The first-order valence-corrected chi connectivity index (χ1v) is 14.6. The zero-order valence-corrected chi connectivity index (χ0v) is 23.7. The van der Waals surface area contributed by atoms with Crippen LogP contribution in [0.1, 0.15) is 56.4 Å². The highest BCUT2D eigenvalue weighted by Gasteiger charge is 2.69. The molecule has 2 aliphatic carbocycles. The molecular formula is C30H39N5O6. The van der Waals surface area contributed by atoms with E-state index >= 15 is 0 Å². The summed E-state index contributed by atoms with van der Waals surface area (Å²) in [7, 11) is 1.58. The maximum atomic E-state index is 14.0. The van der Waals surface area contributed by atoms with E-state index in [-0.39, 0.29) is 41.5 Å². The number of aliphatic hydroxyl groups is 1. The Morgan fingerprint density at radius 1 is 1.22 bits per heavy atom. The zero-order valence-electron chi connectivity index (χ0n) is 23.7. The molecule has 3 heterocycles. The molecule has 0 radical (unpaired) electrons. The van der Waals surface area contributed by atoms with Gasteiger partial charge in [0.1, 0.15) is 17.5 Å². The second kappa shape index (κ2) is 10.3. The van der Waals surface area contributed by atoms with Gasteiger partial charge in [-0.25, -0.2) is 0 Å². The number of piperidine rings is 2. The van der Waals surface area contributed by atoms with Crippen molar-refractivity contribution < 1.29 is 29.0 Å². The number of rotatable bonds is 9. The molecular weight excluding hydrogens is 526 g/mol. The summed E-state index contributed by atoms with van der Waals surface area (Å²) < 4.78 is 5.45. The van der Waals surface area contributed by atoms with Crippen molar-refractivity contribution in [2.45, 2.75) is 70.2 Å². The maximum absolute atomic E-state index is 14.0. The topological polar surface area (TPSA) is 153 Å². The van der Waals surface area contributed by atoms with Crippen molar-refractivity contribution in [1.29, 1.82) is 0 Å². The highest BCUT2D eigenvalue weighted by atomic mass is 16.5. The van der Waals surface area contributed by atoms with Crippen LogP contribution in [-0.4, -0.2) is 83.0 Å². The predicted octanol–water partition coefficient (Wildman–Crippen LogP) is 1.31. The number of nitrogens with one attached hydrogen (secondary N) is 4. The van der Waals surface area contributed by atoms with Gasteiger partial charge in [0.25, 0.3) is 11.8 Å². The first kappa shape index (κ1) is 27.6. The molecule has 220 valence electrons. The monoisotopic (exact) mass is 565 g/mol. The molecule has 6 rings (SSSR count). The molecule has 4 fully saturated rings. The second-order valence-corrected chi connectivity index (χ2v) is 12.7. The fourth-order valence-corrected chi connectivity index (χ4v) is 6.97. The number of aliphatic hydroxyl groups excluding tert-OH is 1. The molecule has 6 atom stereocenters. The quantitative estimate of drug-likeness (QED) is 0.309. The molecule has 11 nitrogen and oxygen atoms in total. The van der Waals surface area contributed by atoms with Gasteiger partial charge < -0.3 is 35.7 Å². The molecule has 2 aliphatic heterocycles. The van der Waals surface area contributed by atoms with Gasteiger partial charge in [0.05, 0.1) is 13.2 Å². The van der Waals surface area contributed by atoms with E-state index in [9.17, 15) is 24.3 Å². The lowest BCUT2D eigenvalue weighted by Gasteiger charge is -2.33. The SMILES string of the molecule is COc1cccc2[nH]c(C(=O)N3C[C@H]4[C@@H]([C@H]3C(=O)N[C@@H](C[C@@H]3CCCNC3=O)C(O)C(=O)NC3CC3)C4(C)C)cc12. The minimum atomic E-state index is -1.51. The molecule has 0 spiro atoms. The summed E-state index contributed by atoms with van der Waals surface area (Å²) in [4.78, 5) is 58.0. The van der Waals surface area contributed by atoms with Crippen LogP contribution in [0.25, 0.3) is 10.9 Å². The van der Waals surface area contributed by atoms with Gasteiger partial charge in [-0.15, -0.1) is 0 Å². The summed E-state index contributed by atoms with van der Waals surface area (Å²) in [6.45, 7) is 5.22. The zero-order chi connectivity index (χ0) is 29.1. The third-order valence-corrected chi connectivity index (χ3v) is 9.65. The summed E-state index contributed by atoms with van der Waals surface area (Å²) >= 11 is 0. The van der Waals surface area contributed by atoms with Crippen molar-refractivity contribution in [2.75, 3.05) is 20.2 Å². The smallest absolute Gasteiger partial charge is 0.271 e. The van der Waals surface area contributed by atoms with E-state index in [2.05, 4.69) is 34.8 Å². The molecule has 2 saturated carbocycles. The molecule has 1 aromatic carbocycles. The maximum Gasteiger partial charge on any atom is 0.271 e. The van der Waals surface area contributed by atoms with E-state index in [0.29, 0.717) is 31.0 Å². The van der Waals surface area contributed by atoms with Crippen molar-refractivity contribution in [2.24, 2.45) is 23.2 Å². The van der Waals surface area contributed by atoms with Gasteiger partial charge in [0, 0.05) is 36.0 Å². The Balaban J connectivity index is 1.25. The summed E-state index contributed by atoms with van der Waals surface area (Å²) in [5.41, 5.74) is 0.998. The van der Waals surface area contributed by atoms with Crippen molar-refractivity contribution in [3.63, 3.8) is 0 Å². The van der Waals surface area contributed by atoms with E-state index in [1.807, 2.05) is 18.2 Å². The van der Waals surface area contributed by atoms with Crippen molar-refractivity contribution in [3.05, 3.63) is 30.0 Å². The number of carbonyl (C=O) groups is 4. The highest BCUT2D eigenvalue weighted by Crippen LogP contribution is 2.65. The van der Waals surface area contributed by atoms with Crippen molar-refractivity contribution >= 4 is 34.5 Å². The Morgan fingerprint density at radius 3 is 2.71 bits per heavy atom. The number of aromatic amines is 1. The van der Waals surface area contributed by atoms with Gasteiger partial charge in [0.15, 0.2) is 6.10 Å². The number of hydrogen-bond donors (Lipinski definition) is 5. The number of benzene rings is 1. The Kier molecular flexibility index (Phi) is 6.96. The molecule has 41 heavy (non-hydrogen) atoms. The van der Waals surface area contributed by atoms with Crippen LogP contribution in [0.2, 0.25) is 0 Å². The first-order valence-electron chi connectivity index (χ1n) is 14.6. The van der Waals surface area contributed by atoms with Crippen molar-refractivity contribution in [1.82, 2.24) is 25.8 Å².